The van der Waals surface area contributed by atoms with E-state index in [4.69, 9.17) is 4.74 Å². The zero-order valence-corrected chi connectivity index (χ0v) is 18.9. The van der Waals surface area contributed by atoms with E-state index in [-0.39, 0.29) is 18.2 Å². The van der Waals surface area contributed by atoms with Gasteiger partial charge in [-0.2, -0.15) is 0 Å². The maximum atomic E-state index is 12.9. The highest BCUT2D eigenvalue weighted by Crippen LogP contribution is 2.25. The number of hydrogen-bond donors (Lipinski definition) is 2. The van der Waals surface area contributed by atoms with Crippen molar-refractivity contribution in [2.24, 2.45) is 0 Å². The smallest absolute Gasteiger partial charge is 0.259 e. The van der Waals surface area contributed by atoms with Gasteiger partial charge in [0.1, 0.15) is 5.75 Å². The van der Waals surface area contributed by atoms with Crippen LogP contribution in [0.25, 0.3) is 0 Å². The van der Waals surface area contributed by atoms with E-state index < -0.39 is 0 Å². The number of unbranched alkanes of at least 4 members (excludes halogenated alkanes) is 1. The quantitative estimate of drug-likeness (QED) is 0.365. The molecule has 160 valence electrons. The van der Waals surface area contributed by atoms with E-state index in [0.717, 1.165) is 22.9 Å². The van der Waals surface area contributed by atoms with Crippen LogP contribution in [0.1, 0.15) is 35.7 Å². The molecular formula is C25H25BrN2O3. The van der Waals surface area contributed by atoms with Crippen molar-refractivity contribution in [3.8, 4) is 5.75 Å². The van der Waals surface area contributed by atoms with Crippen LogP contribution in [-0.4, -0.2) is 18.4 Å². The number of halogens is 1. The minimum atomic E-state index is -0.277. The summed E-state index contributed by atoms with van der Waals surface area (Å²) in [5.74, 6) is 0.148. The second kappa shape index (κ2) is 11.3. The van der Waals surface area contributed by atoms with Gasteiger partial charge in [-0.3, -0.25) is 9.59 Å². The Labute approximate surface area is 191 Å². The van der Waals surface area contributed by atoms with Gasteiger partial charge in [0.05, 0.1) is 18.6 Å². The van der Waals surface area contributed by atoms with Gasteiger partial charge < -0.3 is 15.4 Å². The fourth-order valence-electron chi connectivity index (χ4n) is 2.99. The zero-order chi connectivity index (χ0) is 22.1. The van der Waals surface area contributed by atoms with Crippen molar-refractivity contribution in [1.29, 1.82) is 0 Å². The summed E-state index contributed by atoms with van der Waals surface area (Å²) in [6, 6.07) is 22.0. The lowest BCUT2D eigenvalue weighted by Gasteiger charge is -2.13. The lowest BCUT2D eigenvalue weighted by atomic mass is 10.1. The third-order valence-corrected chi connectivity index (χ3v) is 5.05. The van der Waals surface area contributed by atoms with Gasteiger partial charge in [0.25, 0.3) is 5.91 Å². The number of benzene rings is 3. The summed E-state index contributed by atoms with van der Waals surface area (Å²) in [5.41, 5.74) is 2.59. The Hall–Kier alpha value is -3.12. The van der Waals surface area contributed by atoms with Gasteiger partial charge in [-0.1, -0.05) is 65.7 Å². The molecule has 6 heteroatoms. The van der Waals surface area contributed by atoms with Gasteiger partial charge in [-0.25, -0.2) is 0 Å². The van der Waals surface area contributed by atoms with Crippen LogP contribution in [0.2, 0.25) is 0 Å². The minimum absolute atomic E-state index is 0.117. The third-order valence-electron chi connectivity index (χ3n) is 4.55. The predicted molar refractivity (Wildman–Crippen MR) is 128 cm³/mol. The highest BCUT2D eigenvalue weighted by atomic mass is 79.9. The molecule has 2 N–H and O–H groups in total. The van der Waals surface area contributed by atoms with Crippen molar-refractivity contribution in [1.82, 2.24) is 0 Å². The van der Waals surface area contributed by atoms with E-state index in [2.05, 4.69) is 33.5 Å². The molecule has 3 aromatic carbocycles. The van der Waals surface area contributed by atoms with Crippen molar-refractivity contribution < 1.29 is 14.3 Å². The molecule has 0 atom stereocenters. The first-order chi connectivity index (χ1) is 15.0. The molecule has 0 unspecified atom stereocenters. The molecule has 0 heterocycles. The highest BCUT2D eigenvalue weighted by molar-refractivity contribution is 9.10. The fraction of sp³-hybridized carbons (Fsp3) is 0.200. The molecule has 0 fully saturated rings. The van der Waals surface area contributed by atoms with E-state index in [0.29, 0.717) is 29.3 Å². The number of anilines is 2. The van der Waals surface area contributed by atoms with E-state index in [1.54, 1.807) is 36.4 Å². The normalized spacial score (nSPS) is 10.4. The van der Waals surface area contributed by atoms with Gasteiger partial charge in [0.15, 0.2) is 0 Å². The maximum Gasteiger partial charge on any atom is 0.259 e. The summed E-state index contributed by atoms with van der Waals surface area (Å²) in [7, 11) is 0. The average molecular weight is 481 g/mol. The number of carbonyl (C=O) groups is 2. The van der Waals surface area contributed by atoms with Gasteiger partial charge in [-0.15, -0.1) is 0 Å². The molecule has 31 heavy (non-hydrogen) atoms. The maximum absolute atomic E-state index is 12.9. The molecular weight excluding hydrogens is 456 g/mol. The van der Waals surface area contributed by atoms with Crippen molar-refractivity contribution in [3.63, 3.8) is 0 Å². The second-order valence-electron chi connectivity index (χ2n) is 7.09. The van der Waals surface area contributed by atoms with Crippen molar-refractivity contribution in [3.05, 3.63) is 88.4 Å². The van der Waals surface area contributed by atoms with Crippen LogP contribution in [0.3, 0.4) is 0 Å². The van der Waals surface area contributed by atoms with E-state index in [1.807, 2.05) is 36.4 Å². The van der Waals surface area contributed by atoms with Crippen molar-refractivity contribution in [2.45, 2.75) is 26.2 Å². The van der Waals surface area contributed by atoms with Gasteiger partial charge in [0.2, 0.25) is 5.91 Å². The fourth-order valence-corrected chi connectivity index (χ4v) is 3.35. The first kappa shape index (κ1) is 22.6. The Morgan fingerprint density at radius 1 is 0.903 bits per heavy atom. The summed E-state index contributed by atoms with van der Waals surface area (Å²) >= 11 is 3.41. The summed E-state index contributed by atoms with van der Waals surface area (Å²) in [6.45, 7) is 2.64. The largest absolute Gasteiger partial charge is 0.493 e. The third kappa shape index (κ3) is 6.96. The molecule has 0 aromatic heterocycles. The lowest BCUT2D eigenvalue weighted by molar-refractivity contribution is -0.115. The second-order valence-corrected chi connectivity index (χ2v) is 8.00. The Morgan fingerprint density at radius 2 is 1.65 bits per heavy atom. The van der Waals surface area contributed by atoms with Gasteiger partial charge in [0, 0.05) is 15.8 Å². The summed E-state index contributed by atoms with van der Waals surface area (Å²) in [6.07, 6.45) is 2.22. The molecule has 0 bridgehead atoms. The number of hydrogen-bond acceptors (Lipinski definition) is 3. The van der Waals surface area contributed by atoms with E-state index >= 15 is 0 Å². The van der Waals surface area contributed by atoms with E-state index in [9.17, 15) is 9.59 Å². The van der Waals surface area contributed by atoms with Gasteiger partial charge >= 0.3 is 0 Å². The van der Waals surface area contributed by atoms with Crippen LogP contribution in [0.4, 0.5) is 11.4 Å². The summed E-state index contributed by atoms with van der Waals surface area (Å²) in [4.78, 5) is 25.2. The molecule has 0 aliphatic heterocycles. The zero-order valence-electron chi connectivity index (χ0n) is 17.4. The number of nitrogens with one attached hydrogen (secondary N) is 2. The number of rotatable bonds is 9. The standard InChI is InChI=1S/C25H25BrN2O3/c1-2-3-14-31-23-13-12-19(26)16-22(23)25(30)28-21-11-7-10-20(17-21)27-24(29)15-18-8-5-4-6-9-18/h4-13,16-17H,2-3,14-15H2,1H3,(H,27,29)(H,28,30). The van der Waals surface area contributed by atoms with Crippen LogP contribution in [0.15, 0.2) is 77.3 Å². The Morgan fingerprint density at radius 3 is 2.39 bits per heavy atom. The Bertz CT molecular complexity index is 1040. The first-order valence-corrected chi connectivity index (χ1v) is 11.0. The molecule has 3 aromatic rings. The summed E-state index contributed by atoms with van der Waals surface area (Å²) in [5, 5.41) is 5.76. The lowest BCUT2D eigenvalue weighted by Crippen LogP contribution is -2.16. The molecule has 5 nitrogen and oxygen atoms in total. The molecule has 0 aliphatic rings. The van der Waals surface area contributed by atoms with E-state index in [1.165, 1.54) is 0 Å². The first-order valence-electron chi connectivity index (χ1n) is 10.2. The molecule has 0 saturated heterocycles. The number of carbonyl (C=O) groups excluding carboxylic acids is 2. The monoisotopic (exact) mass is 480 g/mol. The number of amides is 2. The van der Waals surface area contributed by atoms with Crippen molar-refractivity contribution >= 4 is 39.1 Å². The van der Waals surface area contributed by atoms with Crippen LogP contribution in [-0.2, 0) is 11.2 Å². The van der Waals surface area contributed by atoms with Gasteiger partial charge in [-0.05, 0) is 48.4 Å². The SMILES string of the molecule is CCCCOc1ccc(Br)cc1C(=O)Nc1cccc(NC(=O)Cc2ccccc2)c1. The molecule has 3 rings (SSSR count). The van der Waals surface area contributed by atoms with Crippen LogP contribution >= 0.6 is 15.9 Å². The highest BCUT2D eigenvalue weighted by Gasteiger charge is 2.14. The molecule has 0 radical (unpaired) electrons. The van der Waals surface area contributed by atoms with Crippen LogP contribution < -0.4 is 15.4 Å². The average Bonchev–Trinajstić information content (AvgIpc) is 2.75. The number of ether oxygens (including phenoxy) is 1. The van der Waals surface area contributed by atoms with Crippen molar-refractivity contribution in [2.75, 3.05) is 17.2 Å². The topological polar surface area (TPSA) is 67.4 Å². The Kier molecular flexibility index (Phi) is 8.24. The molecule has 0 saturated carbocycles. The summed E-state index contributed by atoms with van der Waals surface area (Å²) < 4.78 is 6.58. The minimum Gasteiger partial charge on any atom is -0.493 e. The van der Waals surface area contributed by atoms with Crippen LogP contribution in [0.5, 0.6) is 5.75 Å². The molecule has 0 spiro atoms. The molecule has 0 aliphatic carbocycles. The molecule has 2 amide bonds. The van der Waals surface area contributed by atoms with Crippen LogP contribution in [0, 0.1) is 0 Å². The predicted octanol–water partition coefficient (Wildman–Crippen LogP) is 6.06. The Balaban J connectivity index is 1.67.